The molecule has 0 spiro atoms. The van der Waals surface area contributed by atoms with Gasteiger partial charge in [0.25, 0.3) is 5.91 Å². The SMILES string of the molecule is COc1cccc2nc(C(=O)N(CCCN(C)C)C3CS(=O)(=O)c4c3ccc(Cl)c4Cl)c(-c3ccc(F)c(C)c3)n12. The van der Waals surface area contributed by atoms with E-state index in [9.17, 15) is 17.6 Å². The molecule has 0 aliphatic carbocycles. The Hall–Kier alpha value is -3.18. The average Bonchev–Trinajstić information content (AvgIpc) is 3.45. The first-order chi connectivity index (χ1) is 19.4. The van der Waals surface area contributed by atoms with Crippen LogP contribution in [0, 0.1) is 12.7 Å². The van der Waals surface area contributed by atoms with Crippen LogP contribution in [0.1, 0.15) is 34.1 Å². The molecule has 1 atom stereocenters. The van der Waals surface area contributed by atoms with Gasteiger partial charge in [-0.15, -0.1) is 0 Å². The average molecular weight is 620 g/mol. The van der Waals surface area contributed by atoms with Gasteiger partial charge in [0, 0.05) is 12.1 Å². The predicted molar refractivity (Wildman–Crippen MR) is 157 cm³/mol. The van der Waals surface area contributed by atoms with Gasteiger partial charge in [0.15, 0.2) is 21.4 Å². The summed E-state index contributed by atoms with van der Waals surface area (Å²) in [6.07, 6.45) is 0.577. The quantitative estimate of drug-likeness (QED) is 0.252. The molecule has 0 saturated carbocycles. The zero-order chi connectivity index (χ0) is 29.6. The summed E-state index contributed by atoms with van der Waals surface area (Å²) in [4.78, 5) is 22.7. The Kier molecular flexibility index (Phi) is 8.04. The van der Waals surface area contributed by atoms with Crippen molar-refractivity contribution in [3.8, 4) is 17.1 Å². The molecule has 12 heteroatoms. The van der Waals surface area contributed by atoms with E-state index in [0.717, 1.165) is 0 Å². The van der Waals surface area contributed by atoms with Gasteiger partial charge in [-0.1, -0.05) is 35.3 Å². The molecule has 1 unspecified atom stereocenters. The van der Waals surface area contributed by atoms with Crippen molar-refractivity contribution in [2.24, 2.45) is 0 Å². The molecule has 0 N–H and O–H groups in total. The minimum absolute atomic E-state index is 0.0480. The minimum Gasteiger partial charge on any atom is -0.482 e. The van der Waals surface area contributed by atoms with E-state index in [-0.39, 0.29) is 38.7 Å². The lowest BCUT2D eigenvalue weighted by Crippen LogP contribution is -2.38. The highest BCUT2D eigenvalue weighted by molar-refractivity contribution is 7.92. The number of carbonyl (C=O) groups excluding carboxylic acids is 1. The molecule has 0 saturated heterocycles. The normalized spacial score (nSPS) is 15.9. The number of ether oxygens (including phenoxy) is 1. The third-order valence-corrected chi connectivity index (χ3v) is 9.95. The summed E-state index contributed by atoms with van der Waals surface area (Å²) in [6, 6.07) is 12.2. The lowest BCUT2D eigenvalue weighted by Gasteiger charge is -2.29. The van der Waals surface area contributed by atoms with Crippen LogP contribution >= 0.6 is 23.2 Å². The Morgan fingerprint density at radius 2 is 1.90 bits per heavy atom. The fourth-order valence-corrected chi connectivity index (χ4v) is 7.91. The molecule has 1 aliphatic rings. The van der Waals surface area contributed by atoms with Gasteiger partial charge in [-0.05, 0) is 81.5 Å². The summed E-state index contributed by atoms with van der Waals surface area (Å²) in [6.45, 7) is 2.56. The Morgan fingerprint density at radius 1 is 1.15 bits per heavy atom. The molecule has 8 nitrogen and oxygen atoms in total. The van der Waals surface area contributed by atoms with E-state index >= 15 is 0 Å². The zero-order valence-electron chi connectivity index (χ0n) is 23.0. The molecule has 0 radical (unpaired) electrons. The number of benzene rings is 2. The molecule has 0 bridgehead atoms. The van der Waals surface area contributed by atoms with Gasteiger partial charge < -0.3 is 14.5 Å². The highest BCUT2D eigenvalue weighted by Crippen LogP contribution is 2.44. The van der Waals surface area contributed by atoms with Gasteiger partial charge in [0.05, 0.1) is 39.5 Å². The van der Waals surface area contributed by atoms with Gasteiger partial charge >= 0.3 is 0 Å². The predicted octanol–water partition coefficient (Wildman–Crippen LogP) is 5.69. The number of amides is 1. The number of carbonyl (C=O) groups is 1. The van der Waals surface area contributed by atoms with Gasteiger partial charge in [-0.2, -0.15) is 0 Å². The number of aromatic nitrogens is 2. The van der Waals surface area contributed by atoms with Crippen LogP contribution in [0.25, 0.3) is 16.9 Å². The number of fused-ring (bicyclic) bond motifs is 2. The van der Waals surface area contributed by atoms with Crippen molar-refractivity contribution in [1.82, 2.24) is 19.2 Å². The van der Waals surface area contributed by atoms with Crippen molar-refractivity contribution in [3.05, 3.63) is 81.2 Å². The third-order valence-electron chi connectivity index (χ3n) is 7.22. The molecule has 1 amide bonds. The lowest BCUT2D eigenvalue weighted by atomic mass is 10.0. The van der Waals surface area contributed by atoms with Crippen LogP contribution in [-0.4, -0.2) is 73.6 Å². The fourth-order valence-electron chi connectivity index (χ4n) is 5.29. The molecule has 41 heavy (non-hydrogen) atoms. The van der Waals surface area contributed by atoms with Gasteiger partial charge in [-0.3, -0.25) is 9.20 Å². The molecule has 3 heterocycles. The molecule has 5 rings (SSSR count). The summed E-state index contributed by atoms with van der Waals surface area (Å²) in [7, 11) is 1.53. The molecule has 2 aromatic carbocycles. The summed E-state index contributed by atoms with van der Waals surface area (Å²) >= 11 is 12.6. The van der Waals surface area contributed by atoms with Crippen LogP contribution in [0.5, 0.6) is 5.88 Å². The van der Waals surface area contributed by atoms with Crippen LogP contribution in [-0.2, 0) is 9.84 Å². The highest BCUT2D eigenvalue weighted by atomic mass is 35.5. The molecular weight excluding hydrogens is 590 g/mol. The summed E-state index contributed by atoms with van der Waals surface area (Å²) in [5, 5.41) is 0.0776. The number of halogens is 3. The molecule has 2 aromatic heterocycles. The first-order valence-electron chi connectivity index (χ1n) is 12.9. The lowest BCUT2D eigenvalue weighted by molar-refractivity contribution is 0.0683. The van der Waals surface area contributed by atoms with Gasteiger partial charge in [0.1, 0.15) is 11.5 Å². The number of sulfone groups is 1. The standard InChI is InChI=1S/C29H29Cl2FN4O4S/c1-17-15-18(9-12-21(17)32)27-26(33-23-7-5-8-24(40-4)36(23)27)29(37)35(14-6-13-34(2)3)22-16-41(38,39)28-19(22)10-11-20(30)25(28)31/h5,7-12,15,22H,6,13-14,16H2,1-4H3. The van der Waals surface area contributed by atoms with E-state index in [1.165, 1.54) is 13.2 Å². The van der Waals surface area contributed by atoms with Crippen molar-refractivity contribution in [3.63, 3.8) is 0 Å². The number of imidazole rings is 1. The second-order valence-corrected chi connectivity index (χ2v) is 13.0. The number of aryl methyl sites for hydroxylation is 1. The van der Waals surface area contributed by atoms with Crippen LogP contribution in [0.4, 0.5) is 4.39 Å². The number of hydrogen-bond acceptors (Lipinski definition) is 6. The molecule has 1 aliphatic heterocycles. The van der Waals surface area contributed by atoms with Crippen LogP contribution in [0.2, 0.25) is 10.0 Å². The number of nitrogens with zero attached hydrogens (tertiary/aromatic N) is 4. The van der Waals surface area contributed by atoms with E-state index in [1.54, 1.807) is 58.7 Å². The Labute approximate surface area is 248 Å². The third kappa shape index (κ3) is 5.30. The minimum atomic E-state index is -3.83. The fraction of sp³-hybridized carbons (Fsp3) is 0.310. The van der Waals surface area contributed by atoms with Gasteiger partial charge in [0.2, 0.25) is 0 Å². The van der Waals surface area contributed by atoms with E-state index in [1.807, 2.05) is 19.0 Å². The smallest absolute Gasteiger partial charge is 0.275 e. The van der Waals surface area contributed by atoms with E-state index in [0.29, 0.717) is 46.9 Å². The van der Waals surface area contributed by atoms with Crippen molar-refractivity contribution in [2.75, 3.05) is 40.0 Å². The van der Waals surface area contributed by atoms with Gasteiger partial charge in [-0.25, -0.2) is 17.8 Å². The molecule has 216 valence electrons. The molecular formula is C29H29Cl2FN4O4S. The van der Waals surface area contributed by atoms with E-state index in [4.69, 9.17) is 32.9 Å². The summed E-state index contributed by atoms with van der Waals surface area (Å²) in [5.74, 6) is -0.750. The topological polar surface area (TPSA) is 84.2 Å². The Morgan fingerprint density at radius 3 is 2.59 bits per heavy atom. The first-order valence-corrected chi connectivity index (χ1v) is 15.3. The monoisotopic (exact) mass is 618 g/mol. The van der Waals surface area contributed by atoms with E-state index in [2.05, 4.69) is 0 Å². The van der Waals surface area contributed by atoms with Crippen LogP contribution < -0.4 is 4.74 Å². The maximum atomic E-state index is 14.6. The largest absolute Gasteiger partial charge is 0.482 e. The van der Waals surface area contributed by atoms with Crippen LogP contribution in [0.3, 0.4) is 0 Å². The highest BCUT2D eigenvalue weighted by Gasteiger charge is 2.43. The van der Waals surface area contributed by atoms with Crippen LogP contribution in [0.15, 0.2) is 53.4 Å². The second kappa shape index (κ2) is 11.2. The van der Waals surface area contributed by atoms with Crippen molar-refractivity contribution >= 4 is 44.6 Å². The zero-order valence-corrected chi connectivity index (χ0v) is 25.3. The van der Waals surface area contributed by atoms with Crippen molar-refractivity contribution < 1.29 is 22.3 Å². The maximum absolute atomic E-state index is 14.6. The number of rotatable bonds is 8. The van der Waals surface area contributed by atoms with Crippen molar-refractivity contribution in [2.45, 2.75) is 24.3 Å². The Balaban J connectivity index is 1.71. The second-order valence-electron chi connectivity index (χ2n) is 10.3. The molecule has 0 fully saturated rings. The van der Waals surface area contributed by atoms with Crippen molar-refractivity contribution in [1.29, 1.82) is 0 Å². The Bertz CT molecular complexity index is 1770. The molecule has 4 aromatic rings. The van der Waals surface area contributed by atoms with E-state index < -0.39 is 21.8 Å². The first kappa shape index (κ1) is 29.3. The maximum Gasteiger partial charge on any atom is 0.275 e. The number of hydrogen-bond donors (Lipinski definition) is 0. The number of methoxy groups -OCH3 is 1. The summed E-state index contributed by atoms with van der Waals surface area (Å²) in [5.41, 5.74) is 2.34. The summed E-state index contributed by atoms with van der Waals surface area (Å²) < 4.78 is 48.2. The number of pyridine rings is 1.